The van der Waals surface area contributed by atoms with Crippen LogP contribution in [-0.4, -0.2) is 41.0 Å². The molecule has 4 rings (SSSR count). The van der Waals surface area contributed by atoms with Crippen molar-refractivity contribution in [2.24, 2.45) is 0 Å². The fourth-order valence-corrected chi connectivity index (χ4v) is 3.49. The van der Waals surface area contributed by atoms with Gasteiger partial charge in [0.1, 0.15) is 16.8 Å². The Balaban J connectivity index is 1.43. The van der Waals surface area contributed by atoms with Crippen LogP contribution in [0.25, 0.3) is 0 Å². The summed E-state index contributed by atoms with van der Waals surface area (Å²) in [7, 11) is 0. The van der Waals surface area contributed by atoms with E-state index in [-0.39, 0.29) is 0 Å². The minimum absolute atomic E-state index is 0.531. The Bertz CT molecular complexity index is 687. The van der Waals surface area contributed by atoms with Gasteiger partial charge in [-0.25, -0.2) is 9.97 Å². The van der Waals surface area contributed by atoms with Gasteiger partial charge < -0.3 is 4.90 Å². The van der Waals surface area contributed by atoms with E-state index in [1.165, 1.54) is 18.4 Å². The van der Waals surface area contributed by atoms with Gasteiger partial charge in [-0.1, -0.05) is 41.9 Å². The third-order valence-corrected chi connectivity index (χ3v) is 5.00. The van der Waals surface area contributed by atoms with Crippen LogP contribution >= 0.6 is 11.6 Å². The lowest BCUT2D eigenvalue weighted by Gasteiger charge is -2.23. The second-order valence-electron chi connectivity index (χ2n) is 6.78. The average molecular weight is 343 g/mol. The fourth-order valence-electron chi connectivity index (χ4n) is 3.31. The standard InChI is InChI=1S/C19H23ClN4/c20-17-13-18(22-19(21-17)16-7-8-16)24-10-4-9-23(11-12-24)14-15-5-2-1-3-6-15/h1-3,5-6,13,16H,4,7-12,14H2. The summed E-state index contributed by atoms with van der Waals surface area (Å²) in [6.45, 7) is 5.22. The van der Waals surface area contributed by atoms with Gasteiger partial charge in [-0.15, -0.1) is 0 Å². The van der Waals surface area contributed by atoms with Crippen molar-refractivity contribution < 1.29 is 0 Å². The molecular weight excluding hydrogens is 320 g/mol. The van der Waals surface area contributed by atoms with Gasteiger partial charge in [-0.2, -0.15) is 0 Å². The molecule has 1 aliphatic carbocycles. The molecule has 0 radical (unpaired) electrons. The third-order valence-electron chi connectivity index (χ3n) is 4.80. The van der Waals surface area contributed by atoms with Gasteiger partial charge in [0.25, 0.3) is 0 Å². The lowest BCUT2D eigenvalue weighted by atomic mass is 10.2. The molecule has 0 amide bonds. The topological polar surface area (TPSA) is 32.3 Å². The van der Waals surface area contributed by atoms with Crippen molar-refractivity contribution >= 4 is 17.4 Å². The van der Waals surface area contributed by atoms with Crippen molar-refractivity contribution in [1.29, 1.82) is 0 Å². The maximum absolute atomic E-state index is 6.23. The largest absolute Gasteiger partial charge is 0.355 e. The predicted octanol–water partition coefficient (Wildman–Crippen LogP) is 3.72. The van der Waals surface area contributed by atoms with Crippen LogP contribution in [0, 0.1) is 0 Å². The summed E-state index contributed by atoms with van der Waals surface area (Å²) in [6, 6.07) is 12.6. The van der Waals surface area contributed by atoms with Crippen LogP contribution in [0.2, 0.25) is 5.15 Å². The maximum Gasteiger partial charge on any atom is 0.135 e. The second kappa shape index (κ2) is 7.08. The quantitative estimate of drug-likeness (QED) is 0.793. The average Bonchev–Trinajstić information content (AvgIpc) is 3.43. The molecular formula is C19H23ClN4. The van der Waals surface area contributed by atoms with Crippen LogP contribution in [0.1, 0.15) is 36.6 Å². The molecule has 0 spiro atoms. The van der Waals surface area contributed by atoms with E-state index in [0.29, 0.717) is 11.1 Å². The molecule has 1 saturated carbocycles. The van der Waals surface area contributed by atoms with Gasteiger partial charge in [0.2, 0.25) is 0 Å². The Kier molecular flexibility index (Phi) is 4.67. The first-order valence-corrected chi connectivity index (χ1v) is 9.21. The van der Waals surface area contributed by atoms with E-state index >= 15 is 0 Å². The molecule has 1 aliphatic heterocycles. The molecule has 2 aromatic rings. The molecule has 4 nitrogen and oxygen atoms in total. The van der Waals surface area contributed by atoms with E-state index in [2.05, 4.69) is 45.1 Å². The minimum atomic E-state index is 0.531. The Morgan fingerprint density at radius 3 is 2.62 bits per heavy atom. The Morgan fingerprint density at radius 1 is 1.00 bits per heavy atom. The molecule has 0 bridgehead atoms. The molecule has 126 valence electrons. The van der Waals surface area contributed by atoms with E-state index in [1.54, 1.807) is 0 Å². The predicted molar refractivity (Wildman–Crippen MR) is 97.6 cm³/mol. The van der Waals surface area contributed by atoms with Crippen molar-refractivity contribution in [3.8, 4) is 0 Å². The molecule has 1 aromatic heterocycles. The van der Waals surface area contributed by atoms with E-state index < -0.39 is 0 Å². The zero-order valence-electron chi connectivity index (χ0n) is 13.9. The molecule has 1 aromatic carbocycles. The highest BCUT2D eigenvalue weighted by atomic mass is 35.5. The molecule has 0 atom stereocenters. The monoisotopic (exact) mass is 342 g/mol. The third kappa shape index (κ3) is 3.87. The summed E-state index contributed by atoms with van der Waals surface area (Å²) in [5, 5.41) is 0.576. The minimum Gasteiger partial charge on any atom is -0.355 e. The summed E-state index contributed by atoms with van der Waals surface area (Å²) in [4.78, 5) is 14.1. The van der Waals surface area contributed by atoms with E-state index in [0.717, 1.165) is 50.8 Å². The summed E-state index contributed by atoms with van der Waals surface area (Å²) < 4.78 is 0. The number of benzene rings is 1. The summed E-state index contributed by atoms with van der Waals surface area (Å²) in [5.74, 6) is 2.46. The van der Waals surface area contributed by atoms with E-state index in [4.69, 9.17) is 16.6 Å². The highest BCUT2D eigenvalue weighted by Crippen LogP contribution is 2.39. The highest BCUT2D eigenvalue weighted by molar-refractivity contribution is 6.29. The smallest absolute Gasteiger partial charge is 0.135 e. The molecule has 0 unspecified atom stereocenters. The van der Waals surface area contributed by atoms with Crippen LogP contribution in [-0.2, 0) is 6.54 Å². The second-order valence-corrected chi connectivity index (χ2v) is 7.17. The molecule has 1 saturated heterocycles. The van der Waals surface area contributed by atoms with Crippen LogP contribution in [0.5, 0.6) is 0 Å². The van der Waals surface area contributed by atoms with Gasteiger partial charge in [0, 0.05) is 44.7 Å². The summed E-state index contributed by atoms with van der Waals surface area (Å²) in [6.07, 6.45) is 3.54. The Labute approximate surface area is 148 Å². The number of halogens is 1. The first-order chi connectivity index (χ1) is 11.8. The first-order valence-electron chi connectivity index (χ1n) is 8.83. The number of anilines is 1. The van der Waals surface area contributed by atoms with Crippen molar-refractivity contribution in [3.05, 3.63) is 52.9 Å². The SMILES string of the molecule is Clc1cc(N2CCCN(Cc3ccccc3)CC2)nc(C2CC2)n1. The van der Waals surface area contributed by atoms with Crippen molar-refractivity contribution in [2.45, 2.75) is 31.7 Å². The van der Waals surface area contributed by atoms with Gasteiger partial charge in [0.15, 0.2) is 0 Å². The lowest BCUT2D eigenvalue weighted by molar-refractivity contribution is 0.285. The van der Waals surface area contributed by atoms with Crippen LogP contribution in [0.3, 0.4) is 0 Å². The first kappa shape index (κ1) is 15.9. The summed E-state index contributed by atoms with van der Waals surface area (Å²) in [5.41, 5.74) is 1.38. The molecule has 2 aliphatic rings. The maximum atomic E-state index is 6.23. The van der Waals surface area contributed by atoms with Crippen LogP contribution in [0.15, 0.2) is 36.4 Å². The molecule has 2 fully saturated rings. The number of nitrogens with zero attached hydrogens (tertiary/aromatic N) is 4. The fraction of sp³-hybridized carbons (Fsp3) is 0.474. The van der Waals surface area contributed by atoms with Crippen LogP contribution in [0.4, 0.5) is 5.82 Å². The van der Waals surface area contributed by atoms with Gasteiger partial charge >= 0.3 is 0 Å². The van der Waals surface area contributed by atoms with Gasteiger partial charge in [0.05, 0.1) is 0 Å². The molecule has 0 N–H and O–H groups in total. The lowest BCUT2D eigenvalue weighted by Crippen LogP contribution is -2.31. The highest BCUT2D eigenvalue weighted by Gasteiger charge is 2.28. The number of hydrogen-bond acceptors (Lipinski definition) is 4. The van der Waals surface area contributed by atoms with Crippen molar-refractivity contribution in [3.63, 3.8) is 0 Å². The Hall–Kier alpha value is -1.65. The number of hydrogen-bond donors (Lipinski definition) is 0. The van der Waals surface area contributed by atoms with E-state index in [9.17, 15) is 0 Å². The number of rotatable bonds is 4. The van der Waals surface area contributed by atoms with Crippen molar-refractivity contribution in [1.82, 2.24) is 14.9 Å². The molecule has 24 heavy (non-hydrogen) atoms. The normalized spacial score (nSPS) is 19.3. The van der Waals surface area contributed by atoms with Gasteiger partial charge in [-0.05, 0) is 24.8 Å². The molecule has 2 heterocycles. The van der Waals surface area contributed by atoms with E-state index in [1.807, 2.05) is 6.07 Å². The Morgan fingerprint density at radius 2 is 1.83 bits per heavy atom. The number of aromatic nitrogens is 2. The summed E-state index contributed by atoms with van der Waals surface area (Å²) >= 11 is 6.23. The zero-order chi connectivity index (χ0) is 16.4. The zero-order valence-corrected chi connectivity index (χ0v) is 14.6. The molecule has 5 heteroatoms. The van der Waals surface area contributed by atoms with Crippen LogP contribution < -0.4 is 4.90 Å². The van der Waals surface area contributed by atoms with Gasteiger partial charge in [-0.3, -0.25) is 4.90 Å². The van der Waals surface area contributed by atoms with Crippen molar-refractivity contribution in [2.75, 3.05) is 31.1 Å².